The Labute approximate surface area is 184 Å². The number of nitrogens with zero attached hydrogens (tertiary/aromatic N) is 1. The highest BCUT2D eigenvalue weighted by Gasteiger charge is 2.58. The van der Waals surface area contributed by atoms with Crippen molar-refractivity contribution >= 4 is 5.91 Å². The molecule has 6 nitrogen and oxygen atoms in total. The molecule has 6 heteroatoms. The average molecular weight is 427 g/mol. The SMILES string of the molecule is COc1cc(CN2CCC3(CC2)C[C@H]3C(=O)NCCC2=CCCCC2)cc2c1OCO2. The van der Waals surface area contributed by atoms with Crippen LogP contribution in [0.4, 0.5) is 0 Å². The minimum Gasteiger partial charge on any atom is -0.493 e. The molecule has 168 valence electrons. The van der Waals surface area contributed by atoms with Crippen LogP contribution in [0.1, 0.15) is 56.9 Å². The number of carbonyl (C=O) groups is 1. The first-order chi connectivity index (χ1) is 15.2. The molecular weight excluding hydrogens is 392 g/mol. The summed E-state index contributed by atoms with van der Waals surface area (Å²) in [6.07, 6.45) is 11.7. The van der Waals surface area contributed by atoms with E-state index in [0.29, 0.717) is 5.75 Å². The van der Waals surface area contributed by atoms with Gasteiger partial charge in [0.15, 0.2) is 11.5 Å². The molecule has 2 fully saturated rings. The van der Waals surface area contributed by atoms with Gasteiger partial charge in [-0.05, 0) is 87.6 Å². The molecule has 1 aromatic carbocycles. The molecule has 0 bridgehead atoms. The van der Waals surface area contributed by atoms with Gasteiger partial charge in [-0.2, -0.15) is 0 Å². The van der Waals surface area contributed by atoms with Gasteiger partial charge in [0.1, 0.15) is 0 Å². The zero-order valence-corrected chi connectivity index (χ0v) is 18.6. The maximum Gasteiger partial charge on any atom is 0.231 e. The van der Waals surface area contributed by atoms with Gasteiger partial charge >= 0.3 is 0 Å². The molecule has 1 aromatic rings. The molecule has 2 aliphatic carbocycles. The van der Waals surface area contributed by atoms with Gasteiger partial charge in [-0.3, -0.25) is 9.69 Å². The summed E-state index contributed by atoms with van der Waals surface area (Å²) in [5.41, 5.74) is 2.96. The van der Waals surface area contributed by atoms with Crippen LogP contribution in [0.25, 0.3) is 0 Å². The Morgan fingerprint density at radius 2 is 2.13 bits per heavy atom. The van der Waals surface area contributed by atoms with Crippen LogP contribution in [0.15, 0.2) is 23.8 Å². The van der Waals surface area contributed by atoms with Gasteiger partial charge in [0.05, 0.1) is 7.11 Å². The number of methoxy groups -OCH3 is 1. The Bertz CT molecular complexity index is 857. The van der Waals surface area contributed by atoms with Crippen molar-refractivity contribution in [3.63, 3.8) is 0 Å². The van der Waals surface area contributed by atoms with E-state index < -0.39 is 0 Å². The van der Waals surface area contributed by atoms with Crippen molar-refractivity contribution < 1.29 is 19.0 Å². The van der Waals surface area contributed by atoms with E-state index in [9.17, 15) is 4.79 Å². The summed E-state index contributed by atoms with van der Waals surface area (Å²) in [7, 11) is 1.66. The fraction of sp³-hybridized carbons (Fsp3) is 0.640. The third-order valence-electron chi connectivity index (χ3n) is 7.61. The Kier molecular flexibility index (Phi) is 5.83. The van der Waals surface area contributed by atoms with Crippen molar-refractivity contribution in [1.82, 2.24) is 10.2 Å². The summed E-state index contributed by atoms with van der Waals surface area (Å²) in [5.74, 6) is 2.72. The van der Waals surface area contributed by atoms with Gasteiger partial charge in [0.2, 0.25) is 18.4 Å². The molecule has 1 saturated carbocycles. The molecule has 1 amide bonds. The number of hydrogen-bond donors (Lipinski definition) is 1. The van der Waals surface area contributed by atoms with Crippen LogP contribution in [-0.4, -0.2) is 44.3 Å². The molecule has 5 rings (SSSR count). The molecule has 4 aliphatic rings. The summed E-state index contributed by atoms with van der Waals surface area (Å²) in [6, 6.07) is 4.11. The Morgan fingerprint density at radius 3 is 2.90 bits per heavy atom. The molecule has 1 N–H and O–H groups in total. The molecule has 0 aromatic heterocycles. The van der Waals surface area contributed by atoms with Crippen molar-refractivity contribution in [3.05, 3.63) is 29.3 Å². The largest absolute Gasteiger partial charge is 0.493 e. The highest BCUT2D eigenvalue weighted by molar-refractivity contribution is 5.82. The quantitative estimate of drug-likeness (QED) is 0.667. The second-order valence-electron chi connectivity index (χ2n) is 9.58. The number of ether oxygens (including phenoxy) is 3. The minimum atomic E-state index is 0.223. The van der Waals surface area contributed by atoms with Gasteiger partial charge in [-0.15, -0.1) is 0 Å². The van der Waals surface area contributed by atoms with Crippen LogP contribution in [0.3, 0.4) is 0 Å². The fourth-order valence-corrected chi connectivity index (χ4v) is 5.56. The molecule has 1 atom stereocenters. The van der Waals surface area contributed by atoms with E-state index in [0.717, 1.165) is 63.4 Å². The summed E-state index contributed by atoms with van der Waals surface area (Å²) in [5, 5.41) is 3.22. The number of carbonyl (C=O) groups excluding carboxylic acids is 1. The highest BCUT2D eigenvalue weighted by atomic mass is 16.7. The van der Waals surface area contributed by atoms with Gasteiger partial charge in [-0.1, -0.05) is 11.6 Å². The number of amides is 1. The first-order valence-electron chi connectivity index (χ1n) is 11.8. The monoisotopic (exact) mass is 426 g/mol. The number of hydrogen-bond acceptors (Lipinski definition) is 5. The molecule has 0 unspecified atom stereocenters. The molecule has 2 heterocycles. The fourth-order valence-electron chi connectivity index (χ4n) is 5.56. The normalized spacial score (nSPS) is 24.0. The van der Waals surface area contributed by atoms with Crippen molar-refractivity contribution in [3.8, 4) is 17.2 Å². The highest BCUT2D eigenvalue weighted by Crippen LogP contribution is 2.59. The van der Waals surface area contributed by atoms with Gasteiger partial charge in [0, 0.05) is 19.0 Å². The standard InChI is InChI=1S/C25H34N2O4/c1-29-21-13-19(14-22-23(21)31-17-30-22)16-27-11-8-25(9-12-27)15-20(25)24(28)26-10-7-18-5-3-2-4-6-18/h5,13-14,20H,2-4,6-12,15-17H2,1H3,(H,26,28)/t20-/m0/s1. The molecular formula is C25H34N2O4. The van der Waals surface area contributed by atoms with E-state index in [-0.39, 0.29) is 24.0 Å². The molecule has 2 aliphatic heterocycles. The van der Waals surface area contributed by atoms with E-state index in [1.54, 1.807) is 7.11 Å². The van der Waals surface area contributed by atoms with Gasteiger partial charge in [-0.25, -0.2) is 0 Å². The maximum absolute atomic E-state index is 12.7. The van der Waals surface area contributed by atoms with Crippen LogP contribution < -0.4 is 19.5 Å². The van der Waals surface area contributed by atoms with Crippen molar-refractivity contribution in [2.75, 3.05) is 33.5 Å². The Morgan fingerprint density at radius 1 is 1.26 bits per heavy atom. The van der Waals surface area contributed by atoms with Crippen molar-refractivity contribution in [1.29, 1.82) is 0 Å². The third kappa shape index (κ3) is 4.40. The number of allylic oxidation sites excluding steroid dienone is 1. The number of likely N-dealkylation sites (tertiary alicyclic amines) is 1. The lowest BCUT2D eigenvalue weighted by molar-refractivity contribution is -0.123. The number of benzene rings is 1. The van der Waals surface area contributed by atoms with E-state index in [1.807, 2.05) is 6.07 Å². The first-order valence-corrected chi connectivity index (χ1v) is 11.8. The summed E-state index contributed by atoms with van der Waals surface area (Å²) in [6.45, 7) is 3.99. The zero-order chi connectivity index (χ0) is 21.3. The number of piperidine rings is 1. The van der Waals surface area contributed by atoms with Crippen LogP contribution in [0.2, 0.25) is 0 Å². The Balaban J connectivity index is 1.09. The maximum atomic E-state index is 12.7. The lowest BCUT2D eigenvalue weighted by Gasteiger charge is -2.33. The van der Waals surface area contributed by atoms with Gasteiger partial charge in [0.25, 0.3) is 0 Å². The Hall–Kier alpha value is -2.21. The number of nitrogens with one attached hydrogen (secondary N) is 1. The third-order valence-corrected chi connectivity index (χ3v) is 7.61. The lowest BCUT2D eigenvalue weighted by Crippen LogP contribution is -2.37. The van der Waals surface area contributed by atoms with E-state index in [2.05, 4.69) is 22.4 Å². The predicted molar refractivity (Wildman–Crippen MR) is 118 cm³/mol. The van der Waals surface area contributed by atoms with Crippen LogP contribution in [0.5, 0.6) is 17.2 Å². The molecule has 1 spiro atoms. The minimum absolute atomic E-state index is 0.223. The predicted octanol–water partition coefficient (Wildman–Crippen LogP) is 4.03. The second kappa shape index (κ2) is 8.73. The average Bonchev–Trinajstić information content (AvgIpc) is 3.28. The van der Waals surface area contributed by atoms with Crippen molar-refractivity contribution in [2.24, 2.45) is 11.3 Å². The van der Waals surface area contributed by atoms with E-state index in [4.69, 9.17) is 14.2 Å². The molecule has 1 saturated heterocycles. The molecule has 31 heavy (non-hydrogen) atoms. The van der Waals surface area contributed by atoms with Gasteiger partial charge < -0.3 is 19.5 Å². The van der Waals surface area contributed by atoms with Crippen molar-refractivity contribution in [2.45, 2.75) is 57.9 Å². The molecule has 0 radical (unpaired) electrons. The lowest BCUT2D eigenvalue weighted by atomic mass is 9.90. The topological polar surface area (TPSA) is 60.0 Å². The van der Waals surface area contributed by atoms with E-state index >= 15 is 0 Å². The van der Waals surface area contributed by atoms with Crippen LogP contribution in [0, 0.1) is 11.3 Å². The number of fused-ring (bicyclic) bond motifs is 1. The summed E-state index contributed by atoms with van der Waals surface area (Å²) >= 11 is 0. The first kappa shape index (κ1) is 20.7. The van der Waals surface area contributed by atoms with E-state index in [1.165, 1.54) is 36.8 Å². The number of rotatable bonds is 7. The zero-order valence-electron chi connectivity index (χ0n) is 18.6. The summed E-state index contributed by atoms with van der Waals surface area (Å²) < 4.78 is 16.5. The van der Waals surface area contributed by atoms with Crippen LogP contribution in [-0.2, 0) is 11.3 Å². The summed E-state index contributed by atoms with van der Waals surface area (Å²) in [4.78, 5) is 15.2. The van der Waals surface area contributed by atoms with Crippen LogP contribution >= 0.6 is 0 Å². The second-order valence-corrected chi connectivity index (χ2v) is 9.58. The smallest absolute Gasteiger partial charge is 0.231 e.